The van der Waals surface area contributed by atoms with Gasteiger partial charge in [0, 0.05) is 23.5 Å². The maximum absolute atomic E-state index is 12.1. The maximum Gasteiger partial charge on any atom is 0.269 e. The Labute approximate surface area is 150 Å². The molecule has 0 fully saturated rings. The van der Waals surface area contributed by atoms with E-state index in [2.05, 4.69) is 21.2 Å². The second kappa shape index (κ2) is 9.33. The summed E-state index contributed by atoms with van der Waals surface area (Å²) in [6.07, 6.45) is 3.92. The molecule has 0 aliphatic rings. The van der Waals surface area contributed by atoms with Crippen molar-refractivity contribution in [3.63, 3.8) is 0 Å². The Kier molecular flexibility index (Phi) is 6.85. The molecule has 1 aromatic carbocycles. The van der Waals surface area contributed by atoms with Crippen LogP contribution in [0.4, 0.5) is 0 Å². The smallest absolute Gasteiger partial charge is 0.269 e. The summed E-state index contributed by atoms with van der Waals surface area (Å²) < 4.78 is 5.46. The maximum atomic E-state index is 12.1. The van der Waals surface area contributed by atoms with E-state index >= 15 is 0 Å². The van der Waals surface area contributed by atoms with Crippen LogP contribution in [-0.2, 0) is 0 Å². The number of nitrogens with one attached hydrogen (secondary N) is 3. The molecule has 0 spiro atoms. The zero-order chi connectivity index (χ0) is 18.1. The third-order valence-electron chi connectivity index (χ3n) is 3.05. The molecule has 2 aromatic rings. The number of rotatable bonds is 5. The molecule has 0 bridgehead atoms. The first-order chi connectivity index (χ1) is 12.1. The largest absolute Gasteiger partial charge is 0.494 e. The third-order valence-corrected chi connectivity index (χ3v) is 3.25. The van der Waals surface area contributed by atoms with Gasteiger partial charge in [0.15, 0.2) is 5.11 Å². The van der Waals surface area contributed by atoms with Gasteiger partial charge < -0.3 is 4.74 Å². The minimum absolute atomic E-state index is 0.0151. The first kappa shape index (κ1) is 18.3. The highest BCUT2D eigenvalue weighted by Crippen LogP contribution is 2.12. The minimum atomic E-state index is -0.392. The highest BCUT2D eigenvalue weighted by atomic mass is 32.1. The van der Waals surface area contributed by atoms with E-state index in [9.17, 15) is 9.59 Å². The molecule has 0 atom stereocenters. The Morgan fingerprint density at radius 1 is 1.00 bits per heavy atom. The number of ether oxygens (including phenoxy) is 1. The number of carbonyl (C=O) groups is 2. The van der Waals surface area contributed by atoms with Gasteiger partial charge in [-0.3, -0.25) is 30.7 Å². The quantitative estimate of drug-likeness (QED) is 0.558. The molecular weight excluding hydrogens is 340 g/mol. The first-order valence-electron chi connectivity index (χ1n) is 7.64. The van der Waals surface area contributed by atoms with E-state index in [0.717, 1.165) is 6.42 Å². The van der Waals surface area contributed by atoms with Gasteiger partial charge in [0.05, 0.1) is 6.61 Å². The monoisotopic (exact) mass is 358 g/mol. The summed E-state index contributed by atoms with van der Waals surface area (Å²) in [7, 11) is 0. The lowest BCUT2D eigenvalue weighted by molar-refractivity contribution is 0.0934. The average molecular weight is 358 g/mol. The lowest BCUT2D eigenvalue weighted by Gasteiger charge is -2.11. The second-order valence-corrected chi connectivity index (χ2v) is 5.38. The third kappa shape index (κ3) is 5.85. The van der Waals surface area contributed by atoms with Gasteiger partial charge in [-0.15, -0.1) is 0 Å². The van der Waals surface area contributed by atoms with Crippen LogP contribution in [0.25, 0.3) is 0 Å². The molecule has 0 saturated heterocycles. The molecule has 0 unspecified atom stereocenters. The normalized spacial score (nSPS) is 9.80. The first-order valence-corrected chi connectivity index (χ1v) is 8.05. The van der Waals surface area contributed by atoms with Gasteiger partial charge in [-0.2, -0.15) is 0 Å². The van der Waals surface area contributed by atoms with Crippen molar-refractivity contribution >= 4 is 29.1 Å². The van der Waals surface area contributed by atoms with Crippen LogP contribution in [0, 0.1) is 0 Å². The Bertz CT molecular complexity index is 735. The lowest BCUT2D eigenvalue weighted by Crippen LogP contribution is -2.48. The van der Waals surface area contributed by atoms with Crippen molar-refractivity contribution in [1.29, 1.82) is 0 Å². The van der Waals surface area contributed by atoms with Gasteiger partial charge in [-0.05, 0) is 55.0 Å². The SMILES string of the molecule is CCCOc1ccc(C(=O)NC(=S)NNC(=O)c2ccncc2)cc1. The topological polar surface area (TPSA) is 92.4 Å². The summed E-state index contributed by atoms with van der Waals surface area (Å²) in [6, 6.07) is 9.82. The molecule has 0 aliphatic carbocycles. The number of amides is 2. The van der Waals surface area contributed by atoms with E-state index in [4.69, 9.17) is 17.0 Å². The summed E-state index contributed by atoms with van der Waals surface area (Å²) in [6.45, 7) is 2.64. The Morgan fingerprint density at radius 2 is 1.64 bits per heavy atom. The van der Waals surface area contributed by atoms with Crippen LogP contribution < -0.4 is 20.9 Å². The fraction of sp³-hybridized carbons (Fsp3) is 0.176. The summed E-state index contributed by atoms with van der Waals surface area (Å²) in [5.41, 5.74) is 5.71. The molecule has 2 amide bonds. The Balaban J connectivity index is 1.81. The van der Waals surface area contributed by atoms with Crippen LogP contribution in [-0.4, -0.2) is 28.5 Å². The van der Waals surface area contributed by atoms with E-state index in [1.807, 2.05) is 6.92 Å². The molecule has 0 radical (unpaired) electrons. The number of pyridine rings is 1. The van der Waals surface area contributed by atoms with Crippen molar-refractivity contribution in [3.8, 4) is 5.75 Å². The molecule has 0 aliphatic heterocycles. The lowest BCUT2D eigenvalue weighted by atomic mass is 10.2. The van der Waals surface area contributed by atoms with Crippen LogP contribution in [0.5, 0.6) is 5.75 Å². The van der Waals surface area contributed by atoms with Crippen LogP contribution >= 0.6 is 12.2 Å². The van der Waals surface area contributed by atoms with Gasteiger partial charge >= 0.3 is 0 Å². The van der Waals surface area contributed by atoms with Crippen molar-refractivity contribution in [3.05, 3.63) is 59.9 Å². The highest BCUT2D eigenvalue weighted by Gasteiger charge is 2.09. The molecule has 7 nitrogen and oxygen atoms in total. The van der Waals surface area contributed by atoms with Crippen LogP contribution in [0.15, 0.2) is 48.8 Å². The summed E-state index contributed by atoms with van der Waals surface area (Å²) in [5, 5.41) is 2.46. The van der Waals surface area contributed by atoms with Crippen molar-refractivity contribution in [1.82, 2.24) is 21.2 Å². The molecule has 0 saturated carbocycles. The zero-order valence-corrected chi connectivity index (χ0v) is 14.4. The predicted molar refractivity (Wildman–Crippen MR) is 97.1 cm³/mol. The van der Waals surface area contributed by atoms with E-state index in [-0.39, 0.29) is 5.11 Å². The van der Waals surface area contributed by atoms with Crippen molar-refractivity contribution in [2.24, 2.45) is 0 Å². The number of carbonyl (C=O) groups excluding carboxylic acids is 2. The summed E-state index contributed by atoms with van der Waals surface area (Å²) in [4.78, 5) is 27.8. The molecule has 25 heavy (non-hydrogen) atoms. The number of nitrogens with zero attached hydrogens (tertiary/aromatic N) is 1. The molecule has 3 N–H and O–H groups in total. The Hall–Kier alpha value is -3.00. The number of benzene rings is 1. The summed E-state index contributed by atoms with van der Waals surface area (Å²) in [5.74, 6) is -0.0853. The fourth-order valence-corrected chi connectivity index (χ4v) is 1.96. The standard InChI is InChI=1S/C17H18N4O3S/c1-2-11-24-14-5-3-12(4-6-14)15(22)19-17(25)21-20-16(23)13-7-9-18-10-8-13/h3-10H,2,11H2,1H3,(H,20,23)(H2,19,21,22,25). The van der Waals surface area contributed by atoms with E-state index in [1.165, 1.54) is 12.4 Å². The van der Waals surface area contributed by atoms with Gasteiger partial charge in [0.2, 0.25) is 0 Å². The Morgan fingerprint density at radius 3 is 2.28 bits per heavy atom. The van der Waals surface area contributed by atoms with Gasteiger partial charge in [-0.1, -0.05) is 6.92 Å². The molecule has 1 heterocycles. The molecule has 2 rings (SSSR count). The number of thiocarbonyl (C=S) groups is 1. The van der Waals surface area contributed by atoms with Crippen molar-refractivity contribution in [2.75, 3.05) is 6.61 Å². The molecule has 1 aromatic heterocycles. The zero-order valence-electron chi connectivity index (χ0n) is 13.6. The highest BCUT2D eigenvalue weighted by molar-refractivity contribution is 7.80. The van der Waals surface area contributed by atoms with Gasteiger partial charge in [0.25, 0.3) is 11.8 Å². The van der Waals surface area contributed by atoms with Crippen LogP contribution in [0.3, 0.4) is 0 Å². The van der Waals surface area contributed by atoms with Crippen LogP contribution in [0.1, 0.15) is 34.1 Å². The van der Waals surface area contributed by atoms with Crippen molar-refractivity contribution < 1.29 is 14.3 Å². The minimum Gasteiger partial charge on any atom is -0.494 e. The fourth-order valence-electron chi connectivity index (χ4n) is 1.82. The van der Waals surface area contributed by atoms with E-state index < -0.39 is 11.8 Å². The summed E-state index contributed by atoms with van der Waals surface area (Å²) >= 11 is 4.99. The van der Waals surface area contributed by atoms with Gasteiger partial charge in [0.1, 0.15) is 5.75 Å². The number of hydrogen-bond donors (Lipinski definition) is 3. The van der Waals surface area contributed by atoms with E-state index in [1.54, 1.807) is 36.4 Å². The molecule has 130 valence electrons. The number of hydrogen-bond acceptors (Lipinski definition) is 5. The number of hydrazine groups is 1. The number of aromatic nitrogens is 1. The molecule has 8 heteroatoms. The van der Waals surface area contributed by atoms with Crippen LogP contribution in [0.2, 0.25) is 0 Å². The second-order valence-electron chi connectivity index (χ2n) is 4.97. The van der Waals surface area contributed by atoms with Crippen molar-refractivity contribution in [2.45, 2.75) is 13.3 Å². The molecular formula is C17H18N4O3S. The average Bonchev–Trinajstić information content (AvgIpc) is 2.65. The van der Waals surface area contributed by atoms with Gasteiger partial charge in [-0.25, -0.2) is 0 Å². The predicted octanol–water partition coefficient (Wildman–Crippen LogP) is 1.82. The van der Waals surface area contributed by atoms with E-state index in [0.29, 0.717) is 23.5 Å².